The van der Waals surface area contributed by atoms with Gasteiger partial charge < -0.3 is 15.5 Å². The number of carbonyl (C=O) groups excluding carboxylic acids is 2. The molecular weight excluding hydrogens is 388 g/mol. The lowest BCUT2D eigenvalue weighted by molar-refractivity contribution is -0.114. The van der Waals surface area contributed by atoms with E-state index in [9.17, 15) is 9.59 Å². The molecule has 2 heterocycles. The molecule has 29 heavy (non-hydrogen) atoms. The lowest BCUT2D eigenvalue weighted by Gasteiger charge is -2.22. The van der Waals surface area contributed by atoms with Crippen LogP contribution in [-0.2, 0) is 11.2 Å². The van der Waals surface area contributed by atoms with Crippen molar-refractivity contribution in [1.82, 2.24) is 25.0 Å². The third-order valence-corrected chi connectivity index (χ3v) is 6.11. The van der Waals surface area contributed by atoms with E-state index in [4.69, 9.17) is 5.10 Å². The van der Waals surface area contributed by atoms with Gasteiger partial charge in [-0.2, -0.15) is 5.10 Å². The van der Waals surface area contributed by atoms with E-state index >= 15 is 0 Å². The molecule has 3 rings (SSSR count). The molecule has 0 fully saturated rings. The van der Waals surface area contributed by atoms with E-state index in [1.165, 1.54) is 18.3 Å². The summed E-state index contributed by atoms with van der Waals surface area (Å²) in [5.74, 6) is -0.0543. The average Bonchev–Trinajstić information content (AvgIpc) is 3.22. The molecule has 8 nitrogen and oxygen atoms in total. The summed E-state index contributed by atoms with van der Waals surface area (Å²) in [5, 5.41) is 11.3. The Morgan fingerprint density at radius 3 is 2.72 bits per heavy atom. The van der Waals surface area contributed by atoms with Crippen LogP contribution in [0.2, 0.25) is 0 Å². The summed E-state index contributed by atoms with van der Waals surface area (Å²) in [4.78, 5) is 32.1. The van der Waals surface area contributed by atoms with Crippen molar-refractivity contribution < 1.29 is 9.59 Å². The molecule has 1 aliphatic carbocycles. The Morgan fingerprint density at radius 2 is 2.10 bits per heavy atom. The molecule has 0 aromatic carbocycles. The molecule has 1 unspecified atom stereocenters. The molecule has 0 aliphatic heterocycles. The van der Waals surface area contributed by atoms with Crippen molar-refractivity contribution in [1.29, 1.82) is 0 Å². The normalized spacial score (nSPS) is 15.2. The van der Waals surface area contributed by atoms with E-state index < -0.39 is 0 Å². The topological polar surface area (TPSA) is 92.2 Å². The van der Waals surface area contributed by atoms with E-state index in [0.717, 1.165) is 41.2 Å². The first kappa shape index (κ1) is 21.4. The minimum Gasteiger partial charge on any atom is -0.340 e. The van der Waals surface area contributed by atoms with Crippen molar-refractivity contribution in [3.8, 4) is 10.6 Å². The van der Waals surface area contributed by atoms with Gasteiger partial charge in [-0.3, -0.25) is 14.3 Å². The summed E-state index contributed by atoms with van der Waals surface area (Å²) in [6, 6.07) is 0.101. The second-order valence-corrected chi connectivity index (χ2v) is 8.91. The van der Waals surface area contributed by atoms with Crippen LogP contribution in [0.1, 0.15) is 67.8 Å². The first-order valence-corrected chi connectivity index (χ1v) is 10.9. The molecule has 2 amide bonds. The summed E-state index contributed by atoms with van der Waals surface area (Å²) >= 11 is 1.45. The molecular formula is C20H30N6O2S. The fourth-order valence-corrected chi connectivity index (χ4v) is 4.81. The standard InChI is InChI=1S/C20H30N6O2S/c1-11(2)26-17-15(16(24-26)19(28)25(6)9-7-8-21-5)12(3)10-14-18(17)29-20(23-14)22-13(4)27/h11-12,21H,7-10H2,1-6H3,(H,22,23,27). The molecule has 2 aromatic heterocycles. The van der Waals surface area contributed by atoms with Gasteiger partial charge in [0.2, 0.25) is 5.91 Å². The van der Waals surface area contributed by atoms with Crippen LogP contribution in [0.5, 0.6) is 0 Å². The number of fused-ring (bicyclic) bond motifs is 3. The van der Waals surface area contributed by atoms with Gasteiger partial charge in [0.15, 0.2) is 10.8 Å². The number of thiazole rings is 1. The van der Waals surface area contributed by atoms with E-state index in [0.29, 0.717) is 17.4 Å². The van der Waals surface area contributed by atoms with E-state index in [1.54, 1.807) is 4.90 Å². The van der Waals surface area contributed by atoms with Gasteiger partial charge in [-0.1, -0.05) is 18.3 Å². The third kappa shape index (κ3) is 4.20. The number of nitrogens with zero attached hydrogens (tertiary/aromatic N) is 4. The molecule has 158 valence electrons. The van der Waals surface area contributed by atoms with Gasteiger partial charge in [-0.05, 0) is 46.2 Å². The molecule has 2 aromatic rings. The highest BCUT2D eigenvalue weighted by Crippen LogP contribution is 2.46. The van der Waals surface area contributed by atoms with Crippen LogP contribution < -0.4 is 10.6 Å². The number of nitrogens with one attached hydrogen (secondary N) is 2. The highest BCUT2D eigenvalue weighted by Gasteiger charge is 2.36. The number of anilines is 1. The first-order chi connectivity index (χ1) is 13.7. The van der Waals surface area contributed by atoms with Gasteiger partial charge in [0.05, 0.1) is 16.3 Å². The minimum atomic E-state index is -0.138. The van der Waals surface area contributed by atoms with Crippen molar-refractivity contribution in [3.05, 3.63) is 17.0 Å². The minimum absolute atomic E-state index is 0.0429. The summed E-state index contributed by atoms with van der Waals surface area (Å²) in [7, 11) is 3.74. The van der Waals surface area contributed by atoms with Crippen molar-refractivity contribution >= 4 is 28.3 Å². The molecule has 2 N–H and O–H groups in total. The Bertz CT molecular complexity index is 916. The SMILES string of the molecule is CNCCCN(C)C(=O)c1nn(C(C)C)c2c1C(C)Cc1nc(NC(C)=O)sc1-2. The number of aromatic nitrogens is 3. The maximum absolute atomic E-state index is 13.2. The van der Waals surface area contributed by atoms with Crippen LogP contribution in [-0.4, -0.2) is 58.7 Å². The predicted molar refractivity (Wildman–Crippen MR) is 116 cm³/mol. The highest BCUT2D eigenvalue weighted by molar-refractivity contribution is 7.19. The number of carbonyl (C=O) groups is 2. The van der Waals surface area contributed by atoms with Crippen LogP contribution in [0.25, 0.3) is 10.6 Å². The zero-order chi connectivity index (χ0) is 21.3. The molecule has 0 saturated heterocycles. The number of amides is 2. The second-order valence-electron chi connectivity index (χ2n) is 7.91. The summed E-state index contributed by atoms with van der Waals surface area (Å²) in [6.07, 6.45) is 1.62. The lowest BCUT2D eigenvalue weighted by atomic mass is 9.87. The molecule has 0 bridgehead atoms. The van der Waals surface area contributed by atoms with E-state index in [-0.39, 0.29) is 23.8 Å². The maximum Gasteiger partial charge on any atom is 0.274 e. The Hall–Kier alpha value is -2.26. The van der Waals surface area contributed by atoms with Crippen LogP contribution in [0.4, 0.5) is 5.13 Å². The molecule has 0 spiro atoms. The maximum atomic E-state index is 13.2. The van der Waals surface area contributed by atoms with Crippen LogP contribution in [0.3, 0.4) is 0 Å². The second kappa shape index (κ2) is 8.62. The fraction of sp³-hybridized carbons (Fsp3) is 0.600. The molecule has 1 aliphatic rings. The van der Waals surface area contributed by atoms with Gasteiger partial charge in [0, 0.05) is 32.1 Å². The molecule has 1 atom stereocenters. The summed E-state index contributed by atoms with van der Waals surface area (Å²) < 4.78 is 1.94. The van der Waals surface area contributed by atoms with Gasteiger partial charge in [-0.25, -0.2) is 4.98 Å². The van der Waals surface area contributed by atoms with Gasteiger partial charge in [0.1, 0.15) is 0 Å². The Kier molecular flexibility index (Phi) is 6.38. The van der Waals surface area contributed by atoms with Crippen LogP contribution >= 0.6 is 11.3 Å². The van der Waals surface area contributed by atoms with Crippen molar-refractivity contribution in [2.24, 2.45) is 0 Å². The monoisotopic (exact) mass is 418 g/mol. The van der Waals surface area contributed by atoms with Gasteiger partial charge in [0.25, 0.3) is 5.91 Å². The Labute approximate surface area is 175 Å². The number of hydrogen-bond acceptors (Lipinski definition) is 6. The largest absolute Gasteiger partial charge is 0.340 e. The molecule has 9 heteroatoms. The average molecular weight is 419 g/mol. The van der Waals surface area contributed by atoms with Crippen molar-refractivity contribution in [3.63, 3.8) is 0 Å². The zero-order valence-corrected chi connectivity index (χ0v) is 18.8. The quantitative estimate of drug-likeness (QED) is 0.675. The molecule has 0 radical (unpaired) electrons. The van der Waals surface area contributed by atoms with E-state index in [1.807, 2.05) is 18.8 Å². The summed E-state index contributed by atoms with van der Waals surface area (Å²) in [5.41, 5.74) is 3.46. The zero-order valence-electron chi connectivity index (χ0n) is 18.0. The van der Waals surface area contributed by atoms with Gasteiger partial charge >= 0.3 is 0 Å². The Balaban J connectivity index is 2.05. The predicted octanol–water partition coefficient (Wildman–Crippen LogP) is 2.89. The van der Waals surface area contributed by atoms with Gasteiger partial charge in [-0.15, -0.1) is 0 Å². The van der Waals surface area contributed by atoms with Crippen molar-refractivity contribution in [2.45, 2.75) is 52.5 Å². The smallest absolute Gasteiger partial charge is 0.274 e. The molecule has 0 saturated carbocycles. The first-order valence-electron chi connectivity index (χ1n) is 10.0. The van der Waals surface area contributed by atoms with Crippen LogP contribution in [0, 0.1) is 0 Å². The number of hydrogen-bond donors (Lipinski definition) is 2. The number of rotatable bonds is 7. The Morgan fingerprint density at radius 1 is 1.38 bits per heavy atom. The highest BCUT2D eigenvalue weighted by atomic mass is 32.1. The lowest BCUT2D eigenvalue weighted by Crippen LogP contribution is -2.30. The van der Waals surface area contributed by atoms with Crippen molar-refractivity contribution in [2.75, 3.05) is 32.5 Å². The fourth-order valence-electron chi connectivity index (χ4n) is 3.72. The summed E-state index contributed by atoms with van der Waals surface area (Å²) in [6.45, 7) is 9.26. The van der Waals surface area contributed by atoms with Crippen LogP contribution in [0.15, 0.2) is 0 Å². The third-order valence-electron chi connectivity index (χ3n) is 5.09. The van der Waals surface area contributed by atoms with E-state index in [2.05, 4.69) is 36.4 Å².